The molecule has 1 saturated carbocycles. The number of fused-ring (bicyclic) bond motifs is 2. The van der Waals surface area contributed by atoms with Gasteiger partial charge in [0.2, 0.25) is 11.8 Å². The first-order chi connectivity index (χ1) is 10.6. The maximum Gasteiger partial charge on any atom is 0.289 e. The summed E-state index contributed by atoms with van der Waals surface area (Å²) >= 11 is 1.09. The zero-order valence-electron chi connectivity index (χ0n) is 12.4. The summed E-state index contributed by atoms with van der Waals surface area (Å²) in [6, 6.07) is -0.0148. The van der Waals surface area contributed by atoms with Gasteiger partial charge in [-0.25, -0.2) is 0 Å². The number of imide groups is 1. The molecule has 0 radical (unpaired) electrons. The number of hydrogen-bond acceptors (Lipinski definition) is 4. The molecule has 3 amide bonds. The average molecular weight is 320 g/mol. The first-order valence-electron chi connectivity index (χ1n) is 8.09. The summed E-state index contributed by atoms with van der Waals surface area (Å²) in [6.45, 7) is 1.34. The molecule has 0 aromatic rings. The van der Waals surface area contributed by atoms with E-state index < -0.39 is 0 Å². The Morgan fingerprint density at radius 3 is 2.45 bits per heavy atom. The van der Waals surface area contributed by atoms with Gasteiger partial charge >= 0.3 is 0 Å². The fourth-order valence-corrected chi connectivity index (χ4v) is 5.14. The van der Waals surface area contributed by atoms with Crippen LogP contribution >= 0.6 is 11.8 Å². The van der Waals surface area contributed by atoms with Gasteiger partial charge in [-0.15, -0.1) is 0 Å². The fourth-order valence-electron chi connectivity index (χ4n) is 4.36. The Morgan fingerprint density at radius 1 is 1.14 bits per heavy atom. The Hall–Kier alpha value is -1.30. The summed E-state index contributed by atoms with van der Waals surface area (Å²) in [7, 11) is 0. The lowest BCUT2D eigenvalue weighted by molar-refractivity contribution is -0.138. The van der Waals surface area contributed by atoms with E-state index in [1.807, 2.05) is 4.90 Å². The van der Waals surface area contributed by atoms with Crippen LogP contribution in [0.15, 0.2) is 12.2 Å². The number of nitrogens with zero attached hydrogens (tertiary/aromatic N) is 2. The SMILES string of the molecule is O=C(C1CC2C=CC1C2)N1CCC(N2C(=O)CSC2=O)CC1. The molecule has 2 aliphatic heterocycles. The Kier molecular flexibility index (Phi) is 3.51. The van der Waals surface area contributed by atoms with Crippen LogP contribution in [0.25, 0.3) is 0 Å². The van der Waals surface area contributed by atoms with Crippen molar-refractivity contribution in [2.45, 2.75) is 31.7 Å². The number of thioether (sulfide) groups is 1. The molecule has 2 saturated heterocycles. The van der Waals surface area contributed by atoms with Gasteiger partial charge in [-0.1, -0.05) is 23.9 Å². The van der Waals surface area contributed by atoms with Gasteiger partial charge in [0.15, 0.2) is 0 Å². The number of rotatable bonds is 2. The Balaban J connectivity index is 1.36. The molecule has 4 rings (SSSR count). The minimum Gasteiger partial charge on any atom is -0.342 e. The minimum atomic E-state index is -0.118. The molecule has 2 heterocycles. The average Bonchev–Trinajstić information content (AvgIpc) is 3.23. The molecule has 3 atom stereocenters. The second-order valence-electron chi connectivity index (χ2n) is 6.76. The maximum atomic E-state index is 12.7. The predicted molar refractivity (Wildman–Crippen MR) is 83.1 cm³/mol. The van der Waals surface area contributed by atoms with E-state index in [1.54, 1.807) is 0 Å². The van der Waals surface area contributed by atoms with Gasteiger partial charge in [0.05, 0.1) is 5.75 Å². The molecule has 3 fully saturated rings. The van der Waals surface area contributed by atoms with E-state index >= 15 is 0 Å². The highest BCUT2D eigenvalue weighted by Gasteiger charge is 2.43. The van der Waals surface area contributed by atoms with Crippen LogP contribution in [0.5, 0.6) is 0 Å². The number of hydrogen-bond donors (Lipinski definition) is 0. The van der Waals surface area contributed by atoms with Gasteiger partial charge in [-0.05, 0) is 37.5 Å². The first-order valence-corrected chi connectivity index (χ1v) is 9.08. The molecule has 4 aliphatic rings. The van der Waals surface area contributed by atoms with E-state index in [0.29, 0.717) is 24.9 Å². The summed E-state index contributed by atoms with van der Waals surface area (Å²) in [6.07, 6.45) is 8.05. The second-order valence-corrected chi connectivity index (χ2v) is 7.69. The normalized spacial score (nSPS) is 35.0. The molecular weight excluding hydrogens is 300 g/mol. The van der Waals surface area contributed by atoms with Crippen molar-refractivity contribution in [1.82, 2.24) is 9.80 Å². The summed E-state index contributed by atoms with van der Waals surface area (Å²) in [5, 5.41) is -0.118. The van der Waals surface area contributed by atoms with Crippen LogP contribution in [0.4, 0.5) is 4.79 Å². The third kappa shape index (κ3) is 2.28. The lowest BCUT2D eigenvalue weighted by Crippen LogP contribution is -2.49. The lowest BCUT2D eigenvalue weighted by Gasteiger charge is -2.37. The highest BCUT2D eigenvalue weighted by molar-refractivity contribution is 8.14. The van der Waals surface area contributed by atoms with Gasteiger partial charge < -0.3 is 4.90 Å². The van der Waals surface area contributed by atoms with E-state index in [4.69, 9.17) is 0 Å². The van der Waals surface area contributed by atoms with Crippen LogP contribution < -0.4 is 0 Å². The van der Waals surface area contributed by atoms with Crippen molar-refractivity contribution in [2.24, 2.45) is 17.8 Å². The smallest absolute Gasteiger partial charge is 0.289 e. The predicted octanol–water partition coefficient (Wildman–Crippen LogP) is 1.89. The zero-order chi connectivity index (χ0) is 15.3. The van der Waals surface area contributed by atoms with E-state index in [0.717, 1.165) is 37.4 Å². The first kappa shape index (κ1) is 14.3. The van der Waals surface area contributed by atoms with Crippen LogP contribution in [-0.4, -0.2) is 51.7 Å². The number of amides is 3. The largest absolute Gasteiger partial charge is 0.342 e. The molecule has 2 aliphatic carbocycles. The molecule has 2 bridgehead atoms. The topological polar surface area (TPSA) is 57.7 Å². The standard InChI is InChI=1S/C16H20N2O3S/c19-14-9-22-16(21)18(14)12-3-5-17(6-4-12)15(20)13-8-10-1-2-11(13)7-10/h1-2,10-13H,3-9H2. The Bertz CT molecular complexity index is 538. The van der Waals surface area contributed by atoms with Crippen LogP contribution in [0, 0.1) is 17.8 Å². The van der Waals surface area contributed by atoms with Crippen molar-refractivity contribution >= 4 is 28.8 Å². The van der Waals surface area contributed by atoms with Crippen molar-refractivity contribution in [1.29, 1.82) is 0 Å². The molecule has 6 heteroatoms. The maximum absolute atomic E-state index is 12.7. The van der Waals surface area contributed by atoms with E-state index in [-0.39, 0.29) is 34.8 Å². The van der Waals surface area contributed by atoms with Gasteiger partial charge in [0.1, 0.15) is 0 Å². The number of likely N-dealkylation sites (tertiary alicyclic amines) is 1. The van der Waals surface area contributed by atoms with Crippen LogP contribution in [-0.2, 0) is 9.59 Å². The zero-order valence-corrected chi connectivity index (χ0v) is 13.3. The second kappa shape index (κ2) is 5.41. The third-order valence-electron chi connectivity index (χ3n) is 5.52. The van der Waals surface area contributed by atoms with E-state index in [2.05, 4.69) is 12.2 Å². The number of allylic oxidation sites excluding steroid dienone is 2. The highest BCUT2D eigenvalue weighted by Crippen LogP contribution is 2.44. The molecule has 118 valence electrons. The summed E-state index contributed by atoms with van der Waals surface area (Å²) in [4.78, 5) is 39.6. The quantitative estimate of drug-likeness (QED) is 0.729. The van der Waals surface area contributed by atoms with Crippen LogP contribution in [0.2, 0.25) is 0 Å². The molecule has 0 aromatic heterocycles. The molecule has 0 aromatic carbocycles. The van der Waals surface area contributed by atoms with Gasteiger partial charge in [-0.3, -0.25) is 19.3 Å². The molecular formula is C16H20N2O3S. The molecule has 22 heavy (non-hydrogen) atoms. The third-order valence-corrected chi connectivity index (χ3v) is 6.36. The Morgan fingerprint density at radius 2 is 1.91 bits per heavy atom. The molecule has 0 N–H and O–H groups in total. The number of carbonyl (C=O) groups excluding carboxylic acids is 3. The van der Waals surface area contributed by atoms with E-state index in [9.17, 15) is 14.4 Å². The van der Waals surface area contributed by atoms with E-state index in [1.165, 1.54) is 4.90 Å². The summed E-state index contributed by atoms with van der Waals surface area (Å²) < 4.78 is 0. The highest BCUT2D eigenvalue weighted by atomic mass is 32.2. The van der Waals surface area contributed by atoms with Crippen molar-refractivity contribution in [3.05, 3.63) is 12.2 Å². The minimum absolute atomic E-state index is 0.0148. The van der Waals surface area contributed by atoms with Crippen molar-refractivity contribution in [2.75, 3.05) is 18.8 Å². The van der Waals surface area contributed by atoms with Crippen molar-refractivity contribution in [3.63, 3.8) is 0 Å². The molecule has 5 nitrogen and oxygen atoms in total. The van der Waals surface area contributed by atoms with Gasteiger partial charge in [0.25, 0.3) is 5.24 Å². The fraction of sp³-hybridized carbons (Fsp3) is 0.688. The Labute approximate surface area is 134 Å². The number of carbonyl (C=O) groups is 3. The monoisotopic (exact) mass is 320 g/mol. The summed E-state index contributed by atoms with van der Waals surface area (Å²) in [5.74, 6) is 1.69. The van der Waals surface area contributed by atoms with Crippen molar-refractivity contribution in [3.8, 4) is 0 Å². The molecule has 3 unspecified atom stereocenters. The van der Waals surface area contributed by atoms with Crippen LogP contribution in [0.1, 0.15) is 25.7 Å². The van der Waals surface area contributed by atoms with Gasteiger partial charge in [0, 0.05) is 25.0 Å². The van der Waals surface area contributed by atoms with Crippen molar-refractivity contribution < 1.29 is 14.4 Å². The molecule has 0 spiro atoms. The number of piperidine rings is 1. The van der Waals surface area contributed by atoms with Gasteiger partial charge in [-0.2, -0.15) is 0 Å². The van der Waals surface area contributed by atoms with Crippen LogP contribution in [0.3, 0.4) is 0 Å². The summed E-state index contributed by atoms with van der Waals surface area (Å²) in [5.41, 5.74) is 0. The lowest BCUT2D eigenvalue weighted by atomic mass is 9.91.